The molecule has 0 heterocycles. The normalized spacial score (nSPS) is 9.56. The molecule has 0 saturated heterocycles. The predicted molar refractivity (Wildman–Crippen MR) is 57.6 cm³/mol. The second-order valence-corrected chi connectivity index (χ2v) is 3.14. The van der Waals surface area contributed by atoms with Crippen LogP contribution in [0.4, 0.5) is 0 Å². The van der Waals surface area contributed by atoms with Gasteiger partial charge in [0.15, 0.2) is 12.1 Å². The maximum absolute atomic E-state index is 11.5. The molecule has 0 unspecified atom stereocenters. The topological polar surface area (TPSA) is 60.4 Å². The van der Waals surface area contributed by atoms with E-state index in [0.29, 0.717) is 17.9 Å². The third-order valence-corrected chi connectivity index (χ3v) is 1.95. The van der Waals surface area contributed by atoms with E-state index in [1.54, 1.807) is 24.3 Å². The predicted octanol–water partition coefficient (Wildman–Crippen LogP) is 1.43. The molecule has 4 heteroatoms. The number of carbonyl (C=O) groups is 3. The fourth-order valence-electron chi connectivity index (χ4n) is 1.21. The second-order valence-electron chi connectivity index (χ2n) is 3.14. The van der Waals surface area contributed by atoms with Gasteiger partial charge < -0.3 is 4.74 Å². The number of carbonyl (C=O) groups excluding carboxylic acids is 3. The fraction of sp³-hybridized carbons (Fsp3) is 0.250. The van der Waals surface area contributed by atoms with Gasteiger partial charge in [0.25, 0.3) is 0 Å². The quantitative estimate of drug-likeness (QED) is 0.315. The molecule has 0 atom stereocenters. The molecular weight excluding hydrogens is 208 g/mol. The average Bonchev–Trinajstić information content (AvgIpc) is 2.30. The van der Waals surface area contributed by atoms with Gasteiger partial charge in [-0.1, -0.05) is 0 Å². The maximum Gasteiger partial charge on any atom is 0.202 e. The molecule has 0 amide bonds. The summed E-state index contributed by atoms with van der Waals surface area (Å²) in [7, 11) is 0. The molecule has 0 radical (unpaired) electrons. The van der Waals surface area contributed by atoms with Crippen molar-refractivity contribution in [2.45, 2.75) is 13.3 Å². The summed E-state index contributed by atoms with van der Waals surface area (Å²) < 4.78 is 5.21. The molecule has 0 saturated carbocycles. The van der Waals surface area contributed by atoms with Crippen molar-refractivity contribution < 1.29 is 19.1 Å². The van der Waals surface area contributed by atoms with Gasteiger partial charge in [-0.05, 0) is 31.2 Å². The van der Waals surface area contributed by atoms with Gasteiger partial charge in [-0.2, -0.15) is 0 Å². The van der Waals surface area contributed by atoms with Crippen molar-refractivity contribution in [1.82, 2.24) is 0 Å². The van der Waals surface area contributed by atoms with Gasteiger partial charge in [0.05, 0.1) is 13.0 Å². The number of hydrogen-bond donors (Lipinski definition) is 0. The number of hydrogen-bond acceptors (Lipinski definition) is 4. The van der Waals surface area contributed by atoms with Crippen molar-refractivity contribution in [1.29, 1.82) is 0 Å². The van der Waals surface area contributed by atoms with Gasteiger partial charge in [0, 0.05) is 5.56 Å². The van der Waals surface area contributed by atoms with E-state index in [1.807, 2.05) is 6.92 Å². The highest BCUT2D eigenvalue weighted by Gasteiger charge is 2.10. The van der Waals surface area contributed by atoms with Gasteiger partial charge in [-0.15, -0.1) is 0 Å². The SMILES string of the molecule is CCOc1ccc(C(=O)CC(=O)C=O)cc1. The van der Waals surface area contributed by atoms with Crippen molar-refractivity contribution in [2.75, 3.05) is 6.61 Å². The molecule has 0 fully saturated rings. The first-order valence-electron chi connectivity index (χ1n) is 4.91. The molecule has 0 aliphatic carbocycles. The van der Waals surface area contributed by atoms with Gasteiger partial charge in [0.1, 0.15) is 5.75 Å². The van der Waals surface area contributed by atoms with Crippen LogP contribution in [0.25, 0.3) is 0 Å². The van der Waals surface area contributed by atoms with E-state index in [0.717, 1.165) is 0 Å². The van der Waals surface area contributed by atoms with E-state index in [2.05, 4.69) is 0 Å². The lowest BCUT2D eigenvalue weighted by Crippen LogP contribution is -2.08. The zero-order chi connectivity index (χ0) is 12.0. The Morgan fingerprint density at radius 3 is 2.38 bits per heavy atom. The summed E-state index contributed by atoms with van der Waals surface area (Å²) in [4.78, 5) is 32.3. The molecule has 0 N–H and O–H groups in total. The highest BCUT2D eigenvalue weighted by Crippen LogP contribution is 2.13. The minimum absolute atomic E-state index is 0.159. The first-order chi connectivity index (χ1) is 7.67. The highest BCUT2D eigenvalue weighted by molar-refractivity contribution is 6.31. The van der Waals surface area contributed by atoms with Crippen LogP contribution in [0, 0.1) is 0 Å². The van der Waals surface area contributed by atoms with Gasteiger partial charge in [-0.25, -0.2) is 0 Å². The molecule has 84 valence electrons. The third-order valence-electron chi connectivity index (χ3n) is 1.95. The Morgan fingerprint density at radius 1 is 1.25 bits per heavy atom. The van der Waals surface area contributed by atoms with E-state index in [-0.39, 0.29) is 18.5 Å². The standard InChI is InChI=1S/C12H12O4/c1-2-16-11-5-3-9(4-6-11)12(15)7-10(14)8-13/h3-6,8H,2,7H2,1H3. The molecule has 0 spiro atoms. The molecule has 1 rings (SSSR count). The average molecular weight is 220 g/mol. The monoisotopic (exact) mass is 220 g/mol. The van der Waals surface area contributed by atoms with Crippen LogP contribution in [0.3, 0.4) is 0 Å². The third kappa shape index (κ3) is 3.31. The Bertz CT molecular complexity index is 392. The first kappa shape index (κ1) is 12.1. The molecule has 0 aliphatic heterocycles. The van der Waals surface area contributed by atoms with Crippen LogP contribution < -0.4 is 4.74 Å². The second kappa shape index (κ2) is 5.80. The minimum atomic E-state index is -0.709. The fourth-order valence-corrected chi connectivity index (χ4v) is 1.21. The number of aldehydes is 1. The lowest BCUT2D eigenvalue weighted by molar-refractivity contribution is -0.129. The summed E-state index contributed by atoms with van der Waals surface area (Å²) in [6, 6.07) is 6.46. The number of ether oxygens (including phenoxy) is 1. The summed E-state index contributed by atoms with van der Waals surface area (Å²) >= 11 is 0. The molecule has 0 aliphatic rings. The van der Waals surface area contributed by atoms with E-state index in [1.165, 1.54) is 0 Å². The molecule has 1 aromatic carbocycles. The number of ketones is 2. The molecule has 1 aromatic rings. The first-order valence-corrected chi connectivity index (χ1v) is 4.91. The Hall–Kier alpha value is -1.97. The van der Waals surface area contributed by atoms with Crippen molar-refractivity contribution in [3.05, 3.63) is 29.8 Å². The van der Waals surface area contributed by atoms with Crippen LogP contribution in [-0.4, -0.2) is 24.5 Å². The van der Waals surface area contributed by atoms with Crippen LogP contribution in [0.2, 0.25) is 0 Å². The van der Waals surface area contributed by atoms with Crippen LogP contribution >= 0.6 is 0 Å². The van der Waals surface area contributed by atoms with Crippen LogP contribution in [0.1, 0.15) is 23.7 Å². The van der Waals surface area contributed by atoms with Gasteiger partial charge >= 0.3 is 0 Å². The van der Waals surface area contributed by atoms with E-state index < -0.39 is 5.78 Å². The number of rotatable bonds is 6. The Balaban J connectivity index is 2.70. The van der Waals surface area contributed by atoms with Crippen molar-refractivity contribution >= 4 is 17.9 Å². The zero-order valence-corrected chi connectivity index (χ0v) is 8.93. The molecule has 16 heavy (non-hydrogen) atoms. The molecule has 4 nitrogen and oxygen atoms in total. The van der Waals surface area contributed by atoms with Crippen LogP contribution in [-0.2, 0) is 9.59 Å². The highest BCUT2D eigenvalue weighted by atomic mass is 16.5. The Labute approximate surface area is 93.2 Å². The Morgan fingerprint density at radius 2 is 1.88 bits per heavy atom. The van der Waals surface area contributed by atoms with Crippen molar-refractivity contribution in [2.24, 2.45) is 0 Å². The van der Waals surface area contributed by atoms with E-state index in [9.17, 15) is 14.4 Å². The van der Waals surface area contributed by atoms with Crippen molar-refractivity contribution in [3.63, 3.8) is 0 Å². The minimum Gasteiger partial charge on any atom is -0.494 e. The van der Waals surface area contributed by atoms with Crippen molar-refractivity contribution in [3.8, 4) is 5.75 Å². The van der Waals surface area contributed by atoms with Gasteiger partial charge in [-0.3, -0.25) is 14.4 Å². The molecule has 0 aromatic heterocycles. The molecule has 0 bridgehead atoms. The summed E-state index contributed by atoms with van der Waals surface area (Å²) in [5.74, 6) is -0.403. The number of benzene rings is 1. The summed E-state index contributed by atoms with van der Waals surface area (Å²) in [6.07, 6.45) is -0.218. The summed E-state index contributed by atoms with van der Waals surface area (Å²) in [5, 5.41) is 0. The molecular formula is C12H12O4. The van der Waals surface area contributed by atoms with Crippen LogP contribution in [0.5, 0.6) is 5.75 Å². The van der Waals surface area contributed by atoms with Crippen LogP contribution in [0.15, 0.2) is 24.3 Å². The smallest absolute Gasteiger partial charge is 0.202 e. The summed E-state index contributed by atoms with van der Waals surface area (Å²) in [5.41, 5.74) is 0.402. The lowest BCUT2D eigenvalue weighted by atomic mass is 10.1. The maximum atomic E-state index is 11.5. The zero-order valence-electron chi connectivity index (χ0n) is 8.93. The Kier molecular flexibility index (Phi) is 4.39. The van der Waals surface area contributed by atoms with E-state index in [4.69, 9.17) is 4.74 Å². The number of Topliss-reactive ketones (excluding diaryl/α,β-unsaturated/α-hetero) is 2. The lowest BCUT2D eigenvalue weighted by Gasteiger charge is -2.03. The largest absolute Gasteiger partial charge is 0.494 e. The van der Waals surface area contributed by atoms with E-state index >= 15 is 0 Å². The van der Waals surface area contributed by atoms with Gasteiger partial charge in [0.2, 0.25) is 5.78 Å². The summed E-state index contributed by atoms with van der Waals surface area (Å²) in [6.45, 7) is 2.42.